The van der Waals surface area contributed by atoms with Gasteiger partial charge >= 0.3 is 0 Å². The number of hydrogen-bond donors (Lipinski definition) is 1. The Bertz CT molecular complexity index is 542. The summed E-state index contributed by atoms with van der Waals surface area (Å²) >= 11 is 5.98. The van der Waals surface area contributed by atoms with Crippen molar-refractivity contribution in [1.82, 2.24) is 0 Å². The van der Waals surface area contributed by atoms with E-state index in [0.29, 0.717) is 6.61 Å². The fourth-order valence-corrected chi connectivity index (χ4v) is 2.04. The minimum Gasteiger partial charge on any atom is -0.492 e. The Morgan fingerprint density at radius 1 is 0.950 bits per heavy atom. The standard InChI is InChI=1S/C17H20ClNO/c1-12-4-5-15(10-13(12)2)19-8-9-20-16-6-7-17(18)14(3)11-16/h4-7,10-11,19H,8-9H2,1-3H3. The van der Waals surface area contributed by atoms with Crippen LogP contribution in [-0.2, 0) is 0 Å². The molecule has 2 aromatic carbocycles. The second-order valence-corrected chi connectivity index (χ2v) is 5.39. The van der Waals surface area contributed by atoms with Gasteiger partial charge in [0.1, 0.15) is 12.4 Å². The molecule has 0 aromatic heterocycles. The van der Waals surface area contributed by atoms with Crippen molar-refractivity contribution in [1.29, 1.82) is 0 Å². The van der Waals surface area contributed by atoms with E-state index in [4.69, 9.17) is 16.3 Å². The number of benzene rings is 2. The van der Waals surface area contributed by atoms with Gasteiger partial charge in [0.25, 0.3) is 0 Å². The molecule has 0 bridgehead atoms. The third-order valence-corrected chi connectivity index (χ3v) is 3.76. The zero-order valence-corrected chi connectivity index (χ0v) is 12.9. The molecule has 1 N–H and O–H groups in total. The maximum Gasteiger partial charge on any atom is 0.119 e. The Hall–Kier alpha value is -1.67. The van der Waals surface area contributed by atoms with E-state index in [9.17, 15) is 0 Å². The Labute approximate surface area is 125 Å². The van der Waals surface area contributed by atoms with Gasteiger partial charge in [0, 0.05) is 17.3 Å². The highest BCUT2D eigenvalue weighted by Gasteiger charge is 1.99. The second kappa shape index (κ2) is 6.67. The fourth-order valence-electron chi connectivity index (χ4n) is 1.92. The van der Waals surface area contributed by atoms with Crippen molar-refractivity contribution in [2.24, 2.45) is 0 Å². The first-order valence-corrected chi connectivity index (χ1v) is 7.14. The minimum absolute atomic E-state index is 0.619. The van der Waals surface area contributed by atoms with Gasteiger partial charge in [0.2, 0.25) is 0 Å². The summed E-state index contributed by atoms with van der Waals surface area (Å²) in [7, 11) is 0. The topological polar surface area (TPSA) is 21.3 Å². The van der Waals surface area contributed by atoms with Crippen LogP contribution in [0.25, 0.3) is 0 Å². The predicted octanol–water partition coefficient (Wildman–Crippen LogP) is 4.76. The van der Waals surface area contributed by atoms with E-state index in [1.807, 2.05) is 25.1 Å². The molecule has 3 heteroatoms. The lowest BCUT2D eigenvalue weighted by Crippen LogP contribution is -2.11. The molecule has 0 amide bonds. The van der Waals surface area contributed by atoms with Crippen LogP contribution < -0.4 is 10.1 Å². The predicted molar refractivity (Wildman–Crippen MR) is 86.1 cm³/mol. The van der Waals surface area contributed by atoms with Crippen LogP contribution in [0.4, 0.5) is 5.69 Å². The van der Waals surface area contributed by atoms with Crippen molar-refractivity contribution in [3.8, 4) is 5.75 Å². The van der Waals surface area contributed by atoms with E-state index in [0.717, 1.165) is 28.6 Å². The fraction of sp³-hybridized carbons (Fsp3) is 0.294. The number of ether oxygens (including phenoxy) is 1. The third-order valence-electron chi connectivity index (χ3n) is 3.34. The molecule has 20 heavy (non-hydrogen) atoms. The molecular weight excluding hydrogens is 270 g/mol. The summed E-state index contributed by atoms with van der Waals surface area (Å²) in [6.45, 7) is 7.60. The van der Waals surface area contributed by atoms with E-state index < -0.39 is 0 Å². The molecule has 2 rings (SSSR count). The molecule has 2 nitrogen and oxygen atoms in total. The number of hydrogen-bond acceptors (Lipinski definition) is 2. The molecule has 106 valence electrons. The van der Waals surface area contributed by atoms with Gasteiger partial charge in [-0.25, -0.2) is 0 Å². The summed E-state index contributed by atoms with van der Waals surface area (Å²) < 4.78 is 5.70. The van der Waals surface area contributed by atoms with Crippen molar-refractivity contribution in [2.75, 3.05) is 18.5 Å². The van der Waals surface area contributed by atoms with Gasteiger partial charge < -0.3 is 10.1 Å². The summed E-state index contributed by atoms with van der Waals surface area (Å²) in [5.41, 5.74) is 4.77. The number of anilines is 1. The zero-order valence-electron chi connectivity index (χ0n) is 12.2. The van der Waals surface area contributed by atoms with Gasteiger partial charge in [-0.2, -0.15) is 0 Å². The van der Waals surface area contributed by atoms with Gasteiger partial charge in [0.05, 0.1) is 0 Å². The quantitative estimate of drug-likeness (QED) is 0.802. The van der Waals surface area contributed by atoms with Crippen LogP contribution in [0, 0.1) is 20.8 Å². The molecule has 0 fully saturated rings. The summed E-state index contributed by atoms with van der Waals surface area (Å²) in [4.78, 5) is 0. The first kappa shape index (κ1) is 14.7. The van der Waals surface area contributed by atoms with E-state index in [-0.39, 0.29) is 0 Å². The SMILES string of the molecule is Cc1ccc(NCCOc2ccc(Cl)c(C)c2)cc1C. The van der Waals surface area contributed by atoms with Crippen molar-refractivity contribution in [3.05, 3.63) is 58.1 Å². The first-order chi connectivity index (χ1) is 9.56. The van der Waals surface area contributed by atoms with E-state index in [2.05, 4.69) is 37.4 Å². The van der Waals surface area contributed by atoms with Crippen molar-refractivity contribution in [3.63, 3.8) is 0 Å². The van der Waals surface area contributed by atoms with Crippen LogP contribution >= 0.6 is 11.6 Å². The average Bonchev–Trinajstić information content (AvgIpc) is 2.42. The summed E-state index contributed by atoms with van der Waals surface area (Å²) in [5, 5.41) is 4.13. The zero-order chi connectivity index (χ0) is 14.5. The largest absolute Gasteiger partial charge is 0.492 e. The van der Waals surface area contributed by atoms with Crippen LogP contribution in [0.2, 0.25) is 5.02 Å². The Morgan fingerprint density at radius 3 is 2.45 bits per heavy atom. The smallest absolute Gasteiger partial charge is 0.119 e. The molecule has 0 spiro atoms. The number of aryl methyl sites for hydroxylation is 3. The lowest BCUT2D eigenvalue weighted by molar-refractivity contribution is 0.332. The van der Waals surface area contributed by atoms with E-state index >= 15 is 0 Å². The number of halogens is 1. The highest BCUT2D eigenvalue weighted by atomic mass is 35.5. The minimum atomic E-state index is 0.619. The van der Waals surface area contributed by atoms with Crippen LogP contribution in [-0.4, -0.2) is 13.2 Å². The average molecular weight is 290 g/mol. The number of rotatable bonds is 5. The van der Waals surface area contributed by atoms with Crippen LogP contribution in [0.15, 0.2) is 36.4 Å². The normalized spacial score (nSPS) is 10.4. The van der Waals surface area contributed by atoms with Crippen LogP contribution in [0.3, 0.4) is 0 Å². The van der Waals surface area contributed by atoms with Gasteiger partial charge in [-0.05, 0) is 67.8 Å². The molecule has 0 radical (unpaired) electrons. The van der Waals surface area contributed by atoms with Gasteiger partial charge in [-0.3, -0.25) is 0 Å². The van der Waals surface area contributed by atoms with Crippen molar-refractivity contribution < 1.29 is 4.74 Å². The molecule has 0 atom stereocenters. The summed E-state index contributed by atoms with van der Waals surface area (Å²) in [5.74, 6) is 0.855. The molecule has 2 aromatic rings. The van der Waals surface area contributed by atoms with Crippen LogP contribution in [0.5, 0.6) is 5.75 Å². The monoisotopic (exact) mass is 289 g/mol. The van der Waals surface area contributed by atoms with Crippen LogP contribution in [0.1, 0.15) is 16.7 Å². The lowest BCUT2D eigenvalue weighted by Gasteiger charge is -2.10. The molecule has 0 unspecified atom stereocenters. The van der Waals surface area contributed by atoms with Crippen molar-refractivity contribution in [2.45, 2.75) is 20.8 Å². The number of nitrogens with one attached hydrogen (secondary N) is 1. The maximum atomic E-state index is 5.98. The Balaban J connectivity index is 1.81. The van der Waals surface area contributed by atoms with Crippen molar-refractivity contribution >= 4 is 17.3 Å². The molecule has 0 saturated heterocycles. The second-order valence-electron chi connectivity index (χ2n) is 4.99. The first-order valence-electron chi connectivity index (χ1n) is 6.76. The Morgan fingerprint density at radius 2 is 1.75 bits per heavy atom. The van der Waals surface area contributed by atoms with E-state index in [1.54, 1.807) is 0 Å². The lowest BCUT2D eigenvalue weighted by atomic mass is 10.1. The maximum absolute atomic E-state index is 5.98. The molecule has 0 aliphatic rings. The third kappa shape index (κ3) is 3.91. The molecule has 0 saturated carbocycles. The highest BCUT2D eigenvalue weighted by molar-refractivity contribution is 6.31. The summed E-state index contributed by atoms with van der Waals surface area (Å²) in [6.07, 6.45) is 0. The molecule has 0 heterocycles. The summed E-state index contributed by atoms with van der Waals surface area (Å²) in [6, 6.07) is 12.1. The van der Waals surface area contributed by atoms with Gasteiger partial charge in [-0.15, -0.1) is 0 Å². The highest BCUT2D eigenvalue weighted by Crippen LogP contribution is 2.21. The molecule has 0 aliphatic heterocycles. The molecule has 0 aliphatic carbocycles. The van der Waals surface area contributed by atoms with Gasteiger partial charge in [-0.1, -0.05) is 17.7 Å². The molecular formula is C17H20ClNO. The van der Waals surface area contributed by atoms with E-state index in [1.165, 1.54) is 11.1 Å². The Kier molecular flexibility index (Phi) is 4.91. The van der Waals surface area contributed by atoms with Gasteiger partial charge in [0.15, 0.2) is 0 Å².